The summed E-state index contributed by atoms with van der Waals surface area (Å²) in [7, 11) is 0. The van der Waals surface area contributed by atoms with Gasteiger partial charge in [-0.1, -0.05) is 56.3 Å². The van der Waals surface area contributed by atoms with Crippen LogP contribution in [0.4, 0.5) is 0 Å². The van der Waals surface area contributed by atoms with Crippen LogP contribution in [0.15, 0.2) is 46.7 Å². The van der Waals surface area contributed by atoms with Gasteiger partial charge in [0, 0.05) is 112 Å². The van der Waals surface area contributed by atoms with Gasteiger partial charge in [0.15, 0.2) is 17.4 Å². The molecule has 3 aliphatic carbocycles. The number of fused-ring (bicyclic) bond motifs is 5. The van der Waals surface area contributed by atoms with Crippen LogP contribution in [-0.4, -0.2) is 109 Å². The van der Waals surface area contributed by atoms with Crippen molar-refractivity contribution in [1.29, 1.82) is 0 Å². The average Bonchev–Trinajstić information content (AvgIpc) is 3.07. The Morgan fingerprint density at radius 3 is 2.23 bits per heavy atom. The van der Waals surface area contributed by atoms with E-state index in [0.717, 1.165) is 0 Å². The first-order valence-corrected chi connectivity index (χ1v) is 16.9. The summed E-state index contributed by atoms with van der Waals surface area (Å²) >= 11 is 0. The number of aliphatic hydroxyl groups is 5. The molecule has 1 aliphatic heterocycles. The number of Topliss-reactive ketones (excluding diaryl/α,β-unsaturated/α-hetero) is 3. The fourth-order valence-electron chi connectivity index (χ4n) is 9.20. The number of nitrogens with one attached hydrogen (secondary N) is 1. The van der Waals surface area contributed by atoms with E-state index in [2.05, 4.69) is 10.5 Å². The Balaban J connectivity index is 0.00000364. The number of hydrogen-bond donors (Lipinski definition) is 6. The van der Waals surface area contributed by atoms with Crippen LogP contribution in [0.5, 0.6) is 0 Å². The molecular formula is C36H48Ac2N2O12. The molecule has 5 rings (SSSR count). The van der Waals surface area contributed by atoms with Crippen molar-refractivity contribution in [2.24, 2.45) is 27.8 Å². The third kappa shape index (κ3) is 7.21. The minimum Gasteiger partial charge on any atom is -0.456 e. The number of aliphatic hydroxyl groups excluding tert-OH is 3. The first-order valence-electron chi connectivity index (χ1n) is 16.9. The van der Waals surface area contributed by atoms with E-state index in [1.807, 2.05) is 0 Å². The molecule has 6 N–H and O–H groups in total. The first-order chi connectivity index (χ1) is 23.1. The van der Waals surface area contributed by atoms with E-state index in [1.165, 1.54) is 20.8 Å². The van der Waals surface area contributed by atoms with Crippen molar-refractivity contribution in [2.45, 2.75) is 115 Å². The van der Waals surface area contributed by atoms with Gasteiger partial charge < -0.3 is 35.0 Å². The quantitative estimate of drug-likeness (QED) is 0.0828. The Kier molecular flexibility index (Phi) is 14.4. The van der Waals surface area contributed by atoms with Gasteiger partial charge in [-0.2, -0.15) is 0 Å². The number of ketones is 3. The van der Waals surface area contributed by atoms with Crippen molar-refractivity contribution >= 4 is 23.3 Å². The van der Waals surface area contributed by atoms with Crippen molar-refractivity contribution in [3.63, 3.8) is 0 Å². The van der Waals surface area contributed by atoms with Crippen molar-refractivity contribution in [3.05, 3.63) is 51.9 Å². The molecule has 1 saturated heterocycles. The molecule has 14 nitrogen and oxygen atoms in total. The number of nitroso groups, excluding NO2 is 1. The Morgan fingerprint density at radius 2 is 1.69 bits per heavy atom. The summed E-state index contributed by atoms with van der Waals surface area (Å²) in [5, 5.41) is 64.6. The zero-order valence-electron chi connectivity index (χ0n) is 30.5. The SMILES string of the molecule is CC1=C2C(O)C(=O)C3(C)C(O)CC4OCC4(O)C3C(C)C(O)(CC1OC(=O)C(O)C(NCC(=O)C(=O)C(C)(C)N=O)c1ccccc1)C2(C)C.[Ac].[Ac]. The maximum Gasteiger partial charge on any atom is 0.337 e. The van der Waals surface area contributed by atoms with Gasteiger partial charge in [0.1, 0.15) is 17.8 Å². The third-order valence-corrected chi connectivity index (χ3v) is 12.3. The number of benzene rings is 1. The number of hydrogen-bond acceptors (Lipinski definition) is 14. The molecule has 11 unspecified atom stereocenters. The molecule has 0 spiro atoms. The Bertz CT molecular complexity index is 1620. The van der Waals surface area contributed by atoms with Crippen LogP contribution < -0.4 is 5.32 Å². The van der Waals surface area contributed by atoms with Crippen molar-refractivity contribution < 1.29 is 142 Å². The summed E-state index contributed by atoms with van der Waals surface area (Å²) in [6.45, 7) is 9.68. The maximum atomic E-state index is 14.3. The number of carbonyl (C=O) groups is 4. The molecule has 2 radical (unpaired) electrons. The standard InChI is InChI=1S/C36H48N2O12.2Ac/c1-17-21(50-31(45)27(42)25(19-11-9-8-10-12-19)37-15-20(39)29(43)33(5,6)38-48)14-36(47)18(2)28-34(7,22(40)13-23-35(28,46)16-49-23)30(44)26(41)24(17)32(36,3)4;;/h8-12,18,21-23,25-28,37,40-42,46-47H,13-16H2,1-7H3;;. The molecule has 2 saturated carbocycles. The molecule has 3 fully saturated rings. The van der Waals surface area contributed by atoms with E-state index in [1.54, 1.807) is 58.0 Å². The molecule has 1 aromatic rings. The van der Waals surface area contributed by atoms with Crippen LogP contribution in [0.1, 0.15) is 72.9 Å². The topological polar surface area (TPSA) is 229 Å². The van der Waals surface area contributed by atoms with E-state index < -0.39 is 106 Å². The van der Waals surface area contributed by atoms with Crippen LogP contribution >= 0.6 is 0 Å². The van der Waals surface area contributed by atoms with Crippen LogP contribution in [-0.2, 0) is 28.7 Å². The van der Waals surface area contributed by atoms with Gasteiger partial charge in [0.25, 0.3) is 0 Å². The number of carbonyl (C=O) groups excluding carboxylic acids is 4. The zero-order chi connectivity index (χ0) is 37.4. The van der Waals surface area contributed by atoms with Gasteiger partial charge in [-0.25, -0.2) is 4.79 Å². The second-order valence-electron chi connectivity index (χ2n) is 15.8. The largest absolute Gasteiger partial charge is 0.456 e. The maximum absolute atomic E-state index is 14.3. The van der Waals surface area contributed by atoms with Crippen LogP contribution in [0, 0.1) is 116 Å². The predicted octanol–water partition coefficient (Wildman–Crippen LogP) is 0.847. The van der Waals surface area contributed by atoms with E-state index >= 15 is 0 Å². The molecule has 52 heavy (non-hydrogen) atoms. The second kappa shape index (κ2) is 16.2. The Labute approximate surface area is 374 Å². The summed E-state index contributed by atoms with van der Waals surface area (Å²) in [4.78, 5) is 64.3. The van der Waals surface area contributed by atoms with Crippen molar-refractivity contribution in [1.82, 2.24) is 5.32 Å². The minimum absolute atomic E-state index is 0. The zero-order valence-corrected chi connectivity index (χ0v) is 40.0. The van der Waals surface area contributed by atoms with E-state index in [9.17, 15) is 49.6 Å². The molecule has 4 aliphatic rings. The molecule has 1 aromatic carbocycles. The molecule has 16 heteroatoms. The Morgan fingerprint density at radius 1 is 1.10 bits per heavy atom. The average molecular weight is 1150 g/mol. The summed E-state index contributed by atoms with van der Waals surface area (Å²) < 4.78 is 11.5. The summed E-state index contributed by atoms with van der Waals surface area (Å²) in [6, 6.07) is 6.86. The third-order valence-electron chi connectivity index (χ3n) is 12.3. The van der Waals surface area contributed by atoms with Crippen LogP contribution in [0.2, 0.25) is 0 Å². The summed E-state index contributed by atoms with van der Waals surface area (Å²) in [5.41, 5.74) is -7.44. The summed E-state index contributed by atoms with van der Waals surface area (Å²) in [6.07, 6.45) is -7.41. The van der Waals surface area contributed by atoms with Gasteiger partial charge >= 0.3 is 5.97 Å². The van der Waals surface area contributed by atoms with E-state index in [0.29, 0.717) is 5.56 Å². The normalized spacial score (nSPS) is 36.1. The molecule has 280 valence electrons. The smallest absolute Gasteiger partial charge is 0.337 e. The van der Waals surface area contributed by atoms with E-state index in [4.69, 9.17) is 9.47 Å². The fourth-order valence-corrected chi connectivity index (χ4v) is 9.20. The van der Waals surface area contributed by atoms with Gasteiger partial charge in [-0.05, 0) is 50.3 Å². The fraction of sp³-hybridized carbons (Fsp3) is 0.667. The summed E-state index contributed by atoms with van der Waals surface area (Å²) in [5.74, 6) is -5.93. The number of nitrogens with zero attached hydrogens (tertiary/aromatic N) is 1. The molecule has 1 heterocycles. The molecule has 2 bridgehead atoms. The van der Waals surface area contributed by atoms with Gasteiger partial charge in [0.2, 0.25) is 11.6 Å². The minimum atomic E-state index is -1.96. The predicted molar refractivity (Wildman–Crippen MR) is 176 cm³/mol. The molecule has 0 amide bonds. The van der Waals surface area contributed by atoms with Gasteiger partial charge in [-0.3, -0.25) is 19.7 Å². The number of ether oxygens (including phenoxy) is 2. The van der Waals surface area contributed by atoms with Gasteiger partial charge in [-0.15, -0.1) is 4.91 Å². The molecule has 0 aromatic heterocycles. The Hall–Kier alpha value is -0.357. The number of esters is 1. The van der Waals surface area contributed by atoms with E-state index in [-0.39, 0.29) is 119 Å². The first kappa shape index (κ1) is 46.0. The molecule has 11 atom stereocenters. The van der Waals surface area contributed by atoms with Crippen LogP contribution in [0.3, 0.4) is 0 Å². The van der Waals surface area contributed by atoms with Crippen molar-refractivity contribution in [3.8, 4) is 0 Å². The molecular weight excluding hydrogens is 1110 g/mol. The number of rotatable bonds is 10. The van der Waals surface area contributed by atoms with Crippen LogP contribution in [0.25, 0.3) is 0 Å². The monoisotopic (exact) mass is 1150 g/mol. The van der Waals surface area contributed by atoms with Crippen molar-refractivity contribution in [2.75, 3.05) is 13.2 Å². The van der Waals surface area contributed by atoms with Gasteiger partial charge in [0.05, 0.1) is 42.4 Å². The second-order valence-corrected chi connectivity index (χ2v) is 15.8.